The molecule has 0 saturated carbocycles. The number of carbonyl (C=O) groups excluding carboxylic acids is 2. The van der Waals surface area contributed by atoms with Crippen LogP contribution in [0.2, 0.25) is 0 Å². The van der Waals surface area contributed by atoms with Crippen LogP contribution in [0.1, 0.15) is 22.5 Å². The van der Waals surface area contributed by atoms with Crippen LogP contribution in [-0.4, -0.2) is 54.6 Å². The van der Waals surface area contributed by atoms with Gasteiger partial charge in [-0.05, 0) is 36.2 Å². The molecule has 0 radical (unpaired) electrons. The summed E-state index contributed by atoms with van der Waals surface area (Å²) in [4.78, 5) is 28.2. The molecule has 26 heavy (non-hydrogen) atoms. The fraction of sp³-hybridized carbons (Fsp3) is 0.368. The van der Waals surface area contributed by atoms with Crippen LogP contribution in [-0.2, 0) is 11.2 Å². The molecule has 2 aromatic rings. The minimum absolute atomic E-state index is 0.104. The second kappa shape index (κ2) is 7.11. The minimum atomic E-state index is -0.123. The third-order valence-corrected chi connectivity index (χ3v) is 4.72. The van der Waals surface area contributed by atoms with E-state index in [-0.39, 0.29) is 18.6 Å². The molecule has 1 fully saturated rings. The van der Waals surface area contributed by atoms with Crippen molar-refractivity contribution in [3.05, 3.63) is 47.9 Å². The molecule has 7 nitrogen and oxygen atoms in total. The fourth-order valence-corrected chi connectivity index (χ4v) is 3.22. The first-order valence-electron chi connectivity index (χ1n) is 8.70. The molecule has 2 aliphatic heterocycles. The normalized spacial score (nSPS) is 16.0. The highest BCUT2D eigenvalue weighted by Crippen LogP contribution is 2.32. The lowest BCUT2D eigenvalue weighted by molar-refractivity contribution is -0.132. The van der Waals surface area contributed by atoms with Gasteiger partial charge in [0.15, 0.2) is 17.3 Å². The number of nitrogens with zero attached hydrogens (tertiary/aromatic N) is 2. The summed E-state index contributed by atoms with van der Waals surface area (Å²) in [6.45, 7) is 2.39. The summed E-state index contributed by atoms with van der Waals surface area (Å²) in [5.41, 5.74) is 1.05. The molecule has 136 valence electrons. The summed E-state index contributed by atoms with van der Waals surface area (Å²) in [5.74, 6) is 1.81. The largest absolute Gasteiger partial charge is 0.459 e. The Kier molecular flexibility index (Phi) is 4.51. The molecule has 4 rings (SSSR count). The van der Waals surface area contributed by atoms with Crippen molar-refractivity contribution in [3.63, 3.8) is 0 Å². The summed E-state index contributed by atoms with van der Waals surface area (Å²) < 4.78 is 15.8. The monoisotopic (exact) mass is 356 g/mol. The van der Waals surface area contributed by atoms with Crippen LogP contribution >= 0.6 is 0 Å². The van der Waals surface area contributed by atoms with Crippen LogP contribution in [0.5, 0.6) is 11.5 Å². The summed E-state index contributed by atoms with van der Waals surface area (Å²) in [6, 6.07) is 9.12. The van der Waals surface area contributed by atoms with Gasteiger partial charge in [0.25, 0.3) is 5.91 Å². The molecule has 0 spiro atoms. The predicted octanol–water partition coefficient (Wildman–Crippen LogP) is 1.93. The highest BCUT2D eigenvalue weighted by Gasteiger charge is 2.26. The van der Waals surface area contributed by atoms with Gasteiger partial charge in [0.2, 0.25) is 12.7 Å². The lowest BCUT2D eigenvalue weighted by Crippen LogP contribution is -2.50. The van der Waals surface area contributed by atoms with Gasteiger partial charge in [-0.1, -0.05) is 6.07 Å². The molecule has 1 aromatic carbocycles. The molecule has 1 saturated heterocycles. The van der Waals surface area contributed by atoms with Crippen molar-refractivity contribution in [1.29, 1.82) is 0 Å². The Morgan fingerprint density at radius 2 is 1.73 bits per heavy atom. The van der Waals surface area contributed by atoms with Crippen molar-refractivity contribution in [2.75, 3.05) is 33.0 Å². The molecular formula is C19H20N2O5. The number of aryl methyl sites for hydroxylation is 1. The standard InChI is InChI=1S/C19H20N2O5/c22-18(6-4-14-3-5-15-17(12-14)26-13-25-15)20-7-9-21(10-8-20)19(23)16-2-1-11-24-16/h1-3,5,11-12H,4,6-10,13H2. The van der Waals surface area contributed by atoms with Crippen LogP contribution in [0.4, 0.5) is 0 Å². The van der Waals surface area contributed by atoms with Crippen LogP contribution in [0.3, 0.4) is 0 Å². The molecule has 7 heteroatoms. The Labute approximate surface area is 151 Å². The van der Waals surface area contributed by atoms with Gasteiger partial charge in [-0.2, -0.15) is 0 Å². The summed E-state index contributed by atoms with van der Waals surface area (Å²) in [5, 5.41) is 0. The van der Waals surface area contributed by atoms with Crippen LogP contribution in [0.25, 0.3) is 0 Å². The average molecular weight is 356 g/mol. The van der Waals surface area contributed by atoms with E-state index in [1.165, 1.54) is 6.26 Å². The minimum Gasteiger partial charge on any atom is -0.459 e. The quantitative estimate of drug-likeness (QED) is 0.837. The Bertz CT molecular complexity index is 794. The van der Waals surface area contributed by atoms with E-state index in [4.69, 9.17) is 13.9 Å². The molecule has 0 N–H and O–H groups in total. The van der Waals surface area contributed by atoms with Crippen molar-refractivity contribution in [3.8, 4) is 11.5 Å². The van der Waals surface area contributed by atoms with Gasteiger partial charge in [-0.3, -0.25) is 9.59 Å². The zero-order valence-corrected chi connectivity index (χ0v) is 14.3. The van der Waals surface area contributed by atoms with E-state index in [1.807, 2.05) is 23.1 Å². The molecular weight excluding hydrogens is 336 g/mol. The SMILES string of the molecule is O=C(CCc1ccc2c(c1)OCO2)N1CCN(C(=O)c2ccco2)CC1. The van der Waals surface area contributed by atoms with Crippen LogP contribution in [0, 0.1) is 0 Å². The maximum Gasteiger partial charge on any atom is 0.289 e. The number of ether oxygens (including phenoxy) is 2. The third-order valence-electron chi connectivity index (χ3n) is 4.72. The van der Waals surface area contributed by atoms with Gasteiger partial charge in [-0.15, -0.1) is 0 Å². The van der Waals surface area contributed by atoms with E-state index in [0.29, 0.717) is 44.8 Å². The van der Waals surface area contributed by atoms with Gasteiger partial charge in [0.1, 0.15) is 0 Å². The van der Waals surface area contributed by atoms with E-state index < -0.39 is 0 Å². The molecule has 0 unspecified atom stereocenters. The lowest BCUT2D eigenvalue weighted by atomic mass is 10.1. The first-order valence-corrected chi connectivity index (χ1v) is 8.70. The van der Waals surface area contributed by atoms with Crippen LogP contribution < -0.4 is 9.47 Å². The van der Waals surface area contributed by atoms with Gasteiger partial charge < -0.3 is 23.7 Å². The predicted molar refractivity (Wildman–Crippen MR) is 92.1 cm³/mol. The van der Waals surface area contributed by atoms with Crippen molar-refractivity contribution in [2.24, 2.45) is 0 Å². The summed E-state index contributed by atoms with van der Waals surface area (Å²) >= 11 is 0. The number of hydrogen-bond acceptors (Lipinski definition) is 5. The maximum atomic E-state index is 12.5. The third kappa shape index (κ3) is 3.37. The molecule has 0 aliphatic carbocycles. The van der Waals surface area contributed by atoms with E-state index in [0.717, 1.165) is 17.1 Å². The fourth-order valence-electron chi connectivity index (χ4n) is 3.22. The number of fused-ring (bicyclic) bond motifs is 1. The highest BCUT2D eigenvalue weighted by atomic mass is 16.7. The molecule has 1 aromatic heterocycles. The Morgan fingerprint density at radius 1 is 0.962 bits per heavy atom. The topological polar surface area (TPSA) is 72.2 Å². The first kappa shape index (κ1) is 16.5. The van der Waals surface area contributed by atoms with Crippen molar-refractivity contribution >= 4 is 11.8 Å². The average Bonchev–Trinajstić information content (AvgIpc) is 3.37. The molecule has 2 aliphatic rings. The zero-order valence-electron chi connectivity index (χ0n) is 14.3. The molecule has 2 amide bonds. The second-order valence-corrected chi connectivity index (χ2v) is 6.34. The van der Waals surface area contributed by atoms with Crippen LogP contribution in [0.15, 0.2) is 41.0 Å². The van der Waals surface area contributed by atoms with E-state index in [2.05, 4.69) is 0 Å². The molecule has 0 bridgehead atoms. The number of benzene rings is 1. The number of rotatable bonds is 4. The number of piperazine rings is 1. The Morgan fingerprint density at radius 3 is 2.50 bits per heavy atom. The second-order valence-electron chi connectivity index (χ2n) is 6.34. The molecule has 3 heterocycles. The van der Waals surface area contributed by atoms with Gasteiger partial charge in [-0.25, -0.2) is 0 Å². The van der Waals surface area contributed by atoms with Crippen molar-refractivity contribution in [2.45, 2.75) is 12.8 Å². The number of hydrogen-bond donors (Lipinski definition) is 0. The zero-order chi connectivity index (χ0) is 17.9. The van der Waals surface area contributed by atoms with Crippen molar-refractivity contribution < 1.29 is 23.5 Å². The molecule has 0 atom stereocenters. The van der Waals surface area contributed by atoms with E-state index in [1.54, 1.807) is 17.0 Å². The maximum absolute atomic E-state index is 12.5. The van der Waals surface area contributed by atoms with Crippen molar-refractivity contribution in [1.82, 2.24) is 9.80 Å². The first-order chi connectivity index (χ1) is 12.7. The van der Waals surface area contributed by atoms with E-state index in [9.17, 15) is 9.59 Å². The van der Waals surface area contributed by atoms with Gasteiger partial charge in [0, 0.05) is 32.6 Å². The number of furan rings is 1. The lowest BCUT2D eigenvalue weighted by Gasteiger charge is -2.34. The van der Waals surface area contributed by atoms with Gasteiger partial charge >= 0.3 is 0 Å². The smallest absolute Gasteiger partial charge is 0.289 e. The van der Waals surface area contributed by atoms with Gasteiger partial charge in [0.05, 0.1) is 6.26 Å². The summed E-state index contributed by atoms with van der Waals surface area (Å²) in [7, 11) is 0. The highest BCUT2D eigenvalue weighted by molar-refractivity contribution is 5.91. The summed E-state index contributed by atoms with van der Waals surface area (Å²) in [6.07, 6.45) is 2.58. The Hall–Kier alpha value is -2.96. The van der Waals surface area contributed by atoms with E-state index >= 15 is 0 Å². The Balaban J connectivity index is 1.26. The number of carbonyl (C=O) groups is 2. The number of amides is 2.